The van der Waals surface area contributed by atoms with E-state index in [2.05, 4.69) is 15.6 Å². The molecule has 2 aromatic rings. The normalized spacial score (nSPS) is 12.2. The van der Waals surface area contributed by atoms with E-state index in [-0.39, 0.29) is 42.0 Å². The Bertz CT molecular complexity index is 868. The van der Waals surface area contributed by atoms with E-state index in [1.807, 2.05) is 12.1 Å². The van der Waals surface area contributed by atoms with Gasteiger partial charge in [0.05, 0.1) is 6.04 Å². The number of nitrogens with zero attached hydrogens (tertiary/aromatic N) is 3. The minimum Gasteiger partial charge on any atom is -0.354 e. The number of nitrogens with one attached hydrogen (secondary N) is 2. The van der Waals surface area contributed by atoms with Crippen molar-refractivity contribution in [3.63, 3.8) is 0 Å². The molecule has 2 N–H and O–H groups in total. The van der Waals surface area contributed by atoms with Crippen LogP contribution in [0, 0.1) is 11.6 Å². The molecule has 170 valence electrons. The maximum absolute atomic E-state index is 14.2. The minimum absolute atomic E-state index is 0. The number of likely N-dealkylation sites (N-methyl/N-ethyl adjacent to an activating group) is 1. The first kappa shape index (κ1) is 26.8. The van der Waals surface area contributed by atoms with Crippen LogP contribution >= 0.6 is 24.0 Å². The predicted molar refractivity (Wildman–Crippen MR) is 131 cm³/mol. The first-order valence-electron chi connectivity index (χ1n) is 9.60. The molecule has 0 saturated carbocycles. The summed E-state index contributed by atoms with van der Waals surface area (Å²) in [5.74, 6) is -0.703. The van der Waals surface area contributed by atoms with E-state index >= 15 is 0 Å². The van der Waals surface area contributed by atoms with Gasteiger partial charge in [-0.15, -0.1) is 24.0 Å². The van der Waals surface area contributed by atoms with E-state index in [9.17, 15) is 13.6 Å². The fourth-order valence-electron chi connectivity index (χ4n) is 3.00. The molecule has 1 atom stereocenters. The lowest BCUT2D eigenvalue weighted by atomic mass is 10.0. The van der Waals surface area contributed by atoms with Crippen molar-refractivity contribution in [3.05, 3.63) is 70.8 Å². The van der Waals surface area contributed by atoms with Crippen LogP contribution < -0.4 is 10.6 Å². The number of amides is 1. The van der Waals surface area contributed by atoms with Gasteiger partial charge in [0.15, 0.2) is 5.96 Å². The van der Waals surface area contributed by atoms with E-state index in [0.717, 1.165) is 5.56 Å². The van der Waals surface area contributed by atoms with Crippen LogP contribution in [0.2, 0.25) is 0 Å². The zero-order chi connectivity index (χ0) is 22.3. The van der Waals surface area contributed by atoms with Crippen molar-refractivity contribution in [2.75, 3.05) is 41.8 Å². The number of benzene rings is 2. The smallest absolute Gasteiger partial charge is 0.253 e. The first-order chi connectivity index (χ1) is 14.2. The molecule has 0 bridgehead atoms. The second kappa shape index (κ2) is 12.6. The number of rotatable bonds is 7. The van der Waals surface area contributed by atoms with Crippen molar-refractivity contribution in [1.29, 1.82) is 0 Å². The quantitative estimate of drug-likeness (QED) is 0.319. The van der Waals surface area contributed by atoms with Crippen molar-refractivity contribution >= 4 is 35.8 Å². The van der Waals surface area contributed by atoms with Crippen LogP contribution in [-0.2, 0) is 6.54 Å². The Morgan fingerprint density at radius 2 is 1.58 bits per heavy atom. The van der Waals surface area contributed by atoms with Crippen molar-refractivity contribution in [3.8, 4) is 0 Å². The summed E-state index contributed by atoms with van der Waals surface area (Å²) in [5.41, 5.74) is 1.61. The van der Waals surface area contributed by atoms with Crippen LogP contribution in [0.15, 0.2) is 47.5 Å². The summed E-state index contributed by atoms with van der Waals surface area (Å²) in [5, 5.41) is 6.29. The summed E-state index contributed by atoms with van der Waals surface area (Å²) < 4.78 is 28.4. The summed E-state index contributed by atoms with van der Waals surface area (Å²) in [6.07, 6.45) is 0. The third-order valence-corrected chi connectivity index (χ3v) is 4.71. The van der Waals surface area contributed by atoms with E-state index in [1.165, 1.54) is 23.1 Å². The molecule has 0 heterocycles. The van der Waals surface area contributed by atoms with Crippen molar-refractivity contribution in [1.82, 2.24) is 20.4 Å². The highest BCUT2D eigenvalue weighted by molar-refractivity contribution is 14.0. The lowest BCUT2D eigenvalue weighted by Crippen LogP contribution is -2.41. The summed E-state index contributed by atoms with van der Waals surface area (Å²) in [4.78, 5) is 19.4. The lowest BCUT2D eigenvalue weighted by Gasteiger charge is -2.26. The molecule has 0 aliphatic heterocycles. The molecule has 2 aromatic carbocycles. The predicted octanol–water partition coefficient (Wildman–Crippen LogP) is 3.25. The number of carbonyl (C=O) groups is 1. The Morgan fingerprint density at radius 3 is 2.06 bits per heavy atom. The average Bonchev–Trinajstić information content (AvgIpc) is 2.71. The van der Waals surface area contributed by atoms with Crippen LogP contribution in [0.3, 0.4) is 0 Å². The second-order valence-electron chi connectivity index (χ2n) is 7.32. The summed E-state index contributed by atoms with van der Waals surface area (Å²) in [6, 6.07) is 10.6. The Hall–Kier alpha value is -2.27. The molecule has 0 spiro atoms. The molecular weight excluding hydrogens is 515 g/mol. The molecule has 1 unspecified atom stereocenters. The molecule has 1 amide bonds. The van der Waals surface area contributed by atoms with Crippen LogP contribution in [0.5, 0.6) is 0 Å². The zero-order valence-corrected chi connectivity index (χ0v) is 20.8. The van der Waals surface area contributed by atoms with Gasteiger partial charge in [-0.25, -0.2) is 8.78 Å². The van der Waals surface area contributed by atoms with E-state index in [0.29, 0.717) is 18.1 Å². The van der Waals surface area contributed by atoms with Gasteiger partial charge in [-0.2, -0.15) is 0 Å². The highest BCUT2D eigenvalue weighted by Crippen LogP contribution is 2.23. The Kier molecular flexibility index (Phi) is 10.8. The molecule has 0 aliphatic carbocycles. The van der Waals surface area contributed by atoms with Gasteiger partial charge < -0.3 is 20.4 Å². The van der Waals surface area contributed by atoms with E-state index < -0.39 is 17.7 Å². The maximum atomic E-state index is 14.2. The number of halogens is 3. The number of carbonyl (C=O) groups excluding carboxylic acids is 1. The SMILES string of the molecule is CN=C(NCc1ccc(C(=O)N(C)C)cc1)NCC(c1c(F)cccc1F)N(C)C.I. The molecule has 9 heteroatoms. The van der Waals surface area contributed by atoms with Crippen molar-refractivity contribution in [2.24, 2.45) is 4.99 Å². The fraction of sp³-hybridized carbons (Fsp3) is 0.364. The highest BCUT2D eigenvalue weighted by atomic mass is 127. The largest absolute Gasteiger partial charge is 0.354 e. The van der Waals surface area contributed by atoms with Crippen LogP contribution in [-0.4, -0.2) is 63.4 Å². The standard InChI is InChI=1S/C22H29F2N5O.HI/c1-25-22(26-13-15-9-11-16(12-10-15)21(30)29(4)5)27-14-19(28(2)3)20-17(23)7-6-8-18(20)24;/h6-12,19H,13-14H2,1-5H3,(H2,25,26,27);1H. The molecule has 0 saturated heterocycles. The molecule has 31 heavy (non-hydrogen) atoms. The van der Waals surface area contributed by atoms with E-state index in [1.54, 1.807) is 52.3 Å². The Labute approximate surface area is 199 Å². The third kappa shape index (κ3) is 7.42. The van der Waals surface area contributed by atoms with Gasteiger partial charge in [0, 0.05) is 45.4 Å². The minimum atomic E-state index is -0.578. The maximum Gasteiger partial charge on any atom is 0.253 e. The molecule has 2 rings (SSSR count). The Balaban J connectivity index is 0.00000480. The van der Waals surface area contributed by atoms with Crippen molar-refractivity contribution in [2.45, 2.75) is 12.6 Å². The van der Waals surface area contributed by atoms with Gasteiger partial charge in [-0.05, 0) is 43.9 Å². The van der Waals surface area contributed by atoms with Crippen LogP contribution in [0.25, 0.3) is 0 Å². The molecule has 0 radical (unpaired) electrons. The average molecular weight is 545 g/mol. The van der Waals surface area contributed by atoms with Gasteiger partial charge in [0.25, 0.3) is 5.91 Å². The van der Waals surface area contributed by atoms with Crippen LogP contribution in [0.1, 0.15) is 27.5 Å². The summed E-state index contributed by atoms with van der Waals surface area (Å²) in [6.45, 7) is 0.748. The number of hydrogen-bond acceptors (Lipinski definition) is 3. The van der Waals surface area contributed by atoms with Gasteiger partial charge >= 0.3 is 0 Å². The number of hydrogen-bond donors (Lipinski definition) is 2. The molecular formula is C22H30F2IN5O. The summed E-state index contributed by atoms with van der Waals surface area (Å²) in [7, 11) is 8.59. The van der Waals surface area contributed by atoms with Crippen molar-refractivity contribution < 1.29 is 13.6 Å². The van der Waals surface area contributed by atoms with Gasteiger partial charge in [0.2, 0.25) is 0 Å². The van der Waals surface area contributed by atoms with Gasteiger partial charge in [-0.1, -0.05) is 18.2 Å². The molecule has 0 fully saturated rings. The van der Waals surface area contributed by atoms with E-state index in [4.69, 9.17) is 0 Å². The highest BCUT2D eigenvalue weighted by Gasteiger charge is 2.22. The molecule has 0 aromatic heterocycles. The number of aliphatic imine (C=N–C) groups is 1. The van der Waals surface area contributed by atoms with Crippen LogP contribution in [0.4, 0.5) is 8.78 Å². The fourth-order valence-corrected chi connectivity index (χ4v) is 3.00. The first-order valence-corrected chi connectivity index (χ1v) is 9.60. The summed E-state index contributed by atoms with van der Waals surface area (Å²) >= 11 is 0. The Morgan fingerprint density at radius 1 is 1.00 bits per heavy atom. The second-order valence-corrected chi connectivity index (χ2v) is 7.32. The monoisotopic (exact) mass is 545 g/mol. The zero-order valence-electron chi connectivity index (χ0n) is 18.4. The van der Waals surface area contributed by atoms with Gasteiger partial charge in [-0.3, -0.25) is 9.79 Å². The van der Waals surface area contributed by atoms with Gasteiger partial charge in [0.1, 0.15) is 11.6 Å². The third-order valence-electron chi connectivity index (χ3n) is 4.71. The molecule has 6 nitrogen and oxygen atoms in total. The number of guanidine groups is 1. The topological polar surface area (TPSA) is 60.0 Å². The molecule has 0 aliphatic rings. The lowest BCUT2D eigenvalue weighted by molar-refractivity contribution is 0.0827.